The summed E-state index contributed by atoms with van der Waals surface area (Å²) in [6.07, 6.45) is 0. The zero-order valence-corrected chi connectivity index (χ0v) is 8.55. The second-order valence-corrected chi connectivity index (χ2v) is 3.45. The Balaban J connectivity index is 3.09. The van der Waals surface area contributed by atoms with E-state index in [1.165, 1.54) is 19.2 Å². The van der Waals surface area contributed by atoms with E-state index in [4.69, 9.17) is 0 Å². The molecular formula is C8H7FINO. The van der Waals surface area contributed by atoms with Gasteiger partial charge in [0, 0.05) is 10.6 Å². The summed E-state index contributed by atoms with van der Waals surface area (Å²) in [4.78, 5) is 11.0. The molecule has 0 heterocycles. The molecule has 0 atom stereocenters. The van der Waals surface area contributed by atoms with Crippen LogP contribution in [0.1, 0.15) is 10.4 Å². The lowest BCUT2D eigenvalue weighted by Crippen LogP contribution is -2.19. The van der Waals surface area contributed by atoms with Gasteiger partial charge in [-0.1, -0.05) is 0 Å². The number of hydrogen-bond donors (Lipinski definition) is 1. The standard InChI is InChI=1S/C8H7FINO/c1-11-8(12)6-3-2-5(10)4-7(6)9/h2-4H,1H3,(H,11,12). The van der Waals surface area contributed by atoms with Crippen LogP contribution in [0.25, 0.3) is 0 Å². The van der Waals surface area contributed by atoms with Gasteiger partial charge in [0.15, 0.2) is 0 Å². The molecule has 0 aliphatic carbocycles. The summed E-state index contributed by atoms with van der Waals surface area (Å²) in [7, 11) is 1.47. The fraction of sp³-hybridized carbons (Fsp3) is 0.125. The van der Waals surface area contributed by atoms with Gasteiger partial charge in [0.1, 0.15) is 5.82 Å². The number of rotatable bonds is 1. The molecule has 0 fully saturated rings. The van der Waals surface area contributed by atoms with Crippen LogP contribution in [0.4, 0.5) is 4.39 Å². The van der Waals surface area contributed by atoms with E-state index in [-0.39, 0.29) is 5.56 Å². The number of hydrogen-bond acceptors (Lipinski definition) is 1. The summed E-state index contributed by atoms with van der Waals surface area (Å²) in [5.74, 6) is -0.884. The Morgan fingerprint density at radius 1 is 1.58 bits per heavy atom. The number of amides is 1. The van der Waals surface area contributed by atoms with Gasteiger partial charge in [-0.15, -0.1) is 0 Å². The highest BCUT2D eigenvalue weighted by atomic mass is 127. The molecule has 0 unspecified atom stereocenters. The lowest BCUT2D eigenvalue weighted by atomic mass is 10.2. The molecule has 0 aromatic heterocycles. The molecule has 64 valence electrons. The van der Waals surface area contributed by atoms with Crippen molar-refractivity contribution in [1.29, 1.82) is 0 Å². The molecule has 0 saturated carbocycles. The normalized spacial score (nSPS) is 9.58. The number of carbonyl (C=O) groups is 1. The SMILES string of the molecule is CNC(=O)c1ccc(I)cc1F. The minimum atomic E-state index is -0.485. The largest absolute Gasteiger partial charge is 0.355 e. The number of nitrogens with one attached hydrogen (secondary N) is 1. The molecule has 1 rings (SSSR count). The van der Waals surface area contributed by atoms with Crippen LogP contribution in [0.3, 0.4) is 0 Å². The first-order chi connectivity index (χ1) is 5.65. The van der Waals surface area contributed by atoms with Gasteiger partial charge in [-0.3, -0.25) is 4.79 Å². The van der Waals surface area contributed by atoms with Crippen LogP contribution in [0.5, 0.6) is 0 Å². The topological polar surface area (TPSA) is 29.1 Å². The third kappa shape index (κ3) is 1.94. The Kier molecular flexibility index (Phi) is 3.02. The summed E-state index contributed by atoms with van der Waals surface area (Å²) < 4.78 is 13.8. The van der Waals surface area contributed by atoms with Crippen LogP contribution in [0, 0.1) is 9.39 Å². The lowest BCUT2D eigenvalue weighted by Gasteiger charge is -2.00. The van der Waals surface area contributed by atoms with Crippen molar-refractivity contribution in [2.45, 2.75) is 0 Å². The van der Waals surface area contributed by atoms with Crippen molar-refractivity contribution in [3.63, 3.8) is 0 Å². The summed E-state index contributed by atoms with van der Waals surface area (Å²) in [6, 6.07) is 4.48. The average molecular weight is 279 g/mol. The second-order valence-electron chi connectivity index (χ2n) is 2.20. The van der Waals surface area contributed by atoms with Gasteiger partial charge in [-0.2, -0.15) is 0 Å². The molecule has 0 aliphatic rings. The van der Waals surface area contributed by atoms with E-state index in [1.807, 2.05) is 22.6 Å². The van der Waals surface area contributed by atoms with Crippen molar-refractivity contribution in [2.75, 3.05) is 7.05 Å². The van der Waals surface area contributed by atoms with Crippen LogP contribution < -0.4 is 5.32 Å². The van der Waals surface area contributed by atoms with Gasteiger partial charge in [0.25, 0.3) is 5.91 Å². The Morgan fingerprint density at radius 3 is 2.75 bits per heavy atom. The van der Waals surface area contributed by atoms with Crippen molar-refractivity contribution in [2.24, 2.45) is 0 Å². The Morgan fingerprint density at radius 2 is 2.25 bits per heavy atom. The van der Waals surface area contributed by atoms with E-state index >= 15 is 0 Å². The minimum Gasteiger partial charge on any atom is -0.355 e. The van der Waals surface area contributed by atoms with E-state index < -0.39 is 11.7 Å². The highest BCUT2D eigenvalue weighted by Gasteiger charge is 2.08. The van der Waals surface area contributed by atoms with Gasteiger partial charge < -0.3 is 5.32 Å². The van der Waals surface area contributed by atoms with Crippen molar-refractivity contribution in [3.8, 4) is 0 Å². The molecule has 0 saturated heterocycles. The smallest absolute Gasteiger partial charge is 0.253 e. The van der Waals surface area contributed by atoms with Crippen LogP contribution in [0.2, 0.25) is 0 Å². The van der Waals surface area contributed by atoms with Crippen LogP contribution >= 0.6 is 22.6 Å². The quantitative estimate of drug-likeness (QED) is 0.780. The first-order valence-electron chi connectivity index (χ1n) is 3.32. The molecule has 0 spiro atoms. The maximum Gasteiger partial charge on any atom is 0.253 e. The zero-order chi connectivity index (χ0) is 9.14. The van der Waals surface area contributed by atoms with Crippen molar-refractivity contribution < 1.29 is 9.18 Å². The molecule has 1 aromatic carbocycles. The molecule has 2 nitrogen and oxygen atoms in total. The van der Waals surface area contributed by atoms with Crippen LogP contribution in [-0.2, 0) is 0 Å². The van der Waals surface area contributed by atoms with E-state index in [1.54, 1.807) is 6.07 Å². The van der Waals surface area contributed by atoms with E-state index in [2.05, 4.69) is 5.32 Å². The number of halogens is 2. The summed E-state index contributed by atoms with van der Waals surface area (Å²) in [5.41, 5.74) is 0.0814. The predicted molar refractivity (Wildman–Crippen MR) is 52.5 cm³/mol. The fourth-order valence-electron chi connectivity index (χ4n) is 0.808. The van der Waals surface area contributed by atoms with Gasteiger partial charge >= 0.3 is 0 Å². The molecule has 1 amide bonds. The lowest BCUT2D eigenvalue weighted by molar-refractivity contribution is 0.0959. The van der Waals surface area contributed by atoms with Crippen molar-refractivity contribution in [3.05, 3.63) is 33.1 Å². The van der Waals surface area contributed by atoms with E-state index in [0.29, 0.717) is 0 Å². The third-order valence-electron chi connectivity index (χ3n) is 1.40. The van der Waals surface area contributed by atoms with Crippen LogP contribution in [-0.4, -0.2) is 13.0 Å². The summed E-state index contributed by atoms with van der Waals surface area (Å²) in [5, 5.41) is 2.36. The predicted octanol–water partition coefficient (Wildman–Crippen LogP) is 1.79. The van der Waals surface area contributed by atoms with Crippen molar-refractivity contribution in [1.82, 2.24) is 5.32 Å². The van der Waals surface area contributed by atoms with Gasteiger partial charge in [0.05, 0.1) is 5.56 Å². The highest BCUT2D eigenvalue weighted by Crippen LogP contribution is 2.11. The second kappa shape index (κ2) is 3.84. The van der Waals surface area contributed by atoms with Gasteiger partial charge in [-0.25, -0.2) is 4.39 Å². The monoisotopic (exact) mass is 279 g/mol. The van der Waals surface area contributed by atoms with Crippen molar-refractivity contribution >= 4 is 28.5 Å². The molecule has 0 aliphatic heterocycles. The maximum atomic E-state index is 13.0. The fourth-order valence-corrected chi connectivity index (χ4v) is 1.26. The molecule has 4 heteroatoms. The summed E-state index contributed by atoms with van der Waals surface area (Å²) >= 11 is 1.99. The molecule has 1 aromatic rings. The minimum absolute atomic E-state index is 0.0814. The number of carbonyl (C=O) groups excluding carboxylic acids is 1. The molecular weight excluding hydrogens is 272 g/mol. The molecule has 1 N–H and O–H groups in total. The third-order valence-corrected chi connectivity index (χ3v) is 2.07. The molecule has 0 bridgehead atoms. The molecule has 12 heavy (non-hydrogen) atoms. The van der Waals surface area contributed by atoms with E-state index in [9.17, 15) is 9.18 Å². The summed E-state index contributed by atoms with van der Waals surface area (Å²) in [6.45, 7) is 0. The van der Waals surface area contributed by atoms with E-state index in [0.717, 1.165) is 3.57 Å². The maximum absolute atomic E-state index is 13.0. The Labute approximate surface area is 83.3 Å². The first-order valence-corrected chi connectivity index (χ1v) is 4.40. The highest BCUT2D eigenvalue weighted by molar-refractivity contribution is 14.1. The number of benzene rings is 1. The average Bonchev–Trinajstić information content (AvgIpc) is 2.03. The zero-order valence-electron chi connectivity index (χ0n) is 6.40. The molecule has 0 radical (unpaired) electrons. The first kappa shape index (κ1) is 9.44. The Bertz CT molecular complexity index is 314. The van der Waals surface area contributed by atoms with Gasteiger partial charge in [0.2, 0.25) is 0 Å². The Hall–Kier alpha value is -0.650. The van der Waals surface area contributed by atoms with Gasteiger partial charge in [-0.05, 0) is 40.8 Å². The van der Waals surface area contributed by atoms with Crippen LogP contribution in [0.15, 0.2) is 18.2 Å².